The van der Waals surface area contributed by atoms with E-state index in [0.29, 0.717) is 11.5 Å². The van der Waals surface area contributed by atoms with Crippen molar-refractivity contribution in [1.29, 1.82) is 0 Å². The number of nitrogens with one attached hydrogen (secondary N) is 1. The lowest BCUT2D eigenvalue weighted by atomic mass is 9.79. The molecule has 0 aromatic heterocycles. The Morgan fingerprint density at radius 1 is 1.20 bits per heavy atom. The van der Waals surface area contributed by atoms with Crippen molar-refractivity contribution in [2.45, 2.75) is 64.4 Å². The average molecular weight is 282 g/mol. The van der Waals surface area contributed by atoms with Gasteiger partial charge in [-0.2, -0.15) is 0 Å². The van der Waals surface area contributed by atoms with Gasteiger partial charge in [-0.3, -0.25) is 0 Å². The first-order valence-corrected chi connectivity index (χ1v) is 8.74. The van der Waals surface area contributed by atoms with E-state index >= 15 is 0 Å². The summed E-state index contributed by atoms with van der Waals surface area (Å²) in [7, 11) is 1.86. The molecule has 2 fully saturated rings. The van der Waals surface area contributed by atoms with E-state index in [1.807, 2.05) is 7.11 Å². The van der Waals surface area contributed by atoms with Crippen LogP contribution in [0.3, 0.4) is 0 Å². The molecule has 1 saturated heterocycles. The van der Waals surface area contributed by atoms with Gasteiger partial charge in [0.1, 0.15) is 0 Å². The Morgan fingerprint density at radius 2 is 1.95 bits per heavy atom. The Hall–Kier alpha value is -0.120. The van der Waals surface area contributed by atoms with Gasteiger partial charge in [-0.25, -0.2) is 0 Å². The van der Waals surface area contributed by atoms with E-state index in [-0.39, 0.29) is 0 Å². The van der Waals surface area contributed by atoms with Crippen molar-refractivity contribution in [2.75, 3.05) is 39.8 Å². The second-order valence-corrected chi connectivity index (χ2v) is 6.97. The summed E-state index contributed by atoms with van der Waals surface area (Å²) in [4.78, 5) is 2.66. The van der Waals surface area contributed by atoms with Gasteiger partial charge >= 0.3 is 0 Å². The molecular weight excluding hydrogens is 248 g/mol. The molecule has 1 aliphatic carbocycles. The summed E-state index contributed by atoms with van der Waals surface area (Å²) in [6.45, 7) is 8.30. The maximum atomic E-state index is 5.53. The minimum atomic E-state index is 0.474. The SMILES string of the molecule is CCCNCC1(CN2CCC(OC)C2)CCCCCC1. The molecule has 0 spiro atoms. The summed E-state index contributed by atoms with van der Waals surface area (Å²) in [5, 5.41) is 3.71. The van der Waals surface area contributed by atoms with E-state index in [4.69, 9.17) is 4.74 Å². The number of hydrogen-bond acceptors (Lipinski definition) is 3. The molecule has 3 nitrogen and oxygen atoms in total. The Morgan fingerprint density at radius 3 is 2.55 bits per heavy atom. The molecule has 0 bridgehead atoms. The van der Waals surface area contributed by atoms with Crippen LogP contribution in [-0.4, -0.2) is 50.8 Å². The van der Waals surface area contributed by atoms with E-state index in [0.717, 1.165) is 6.54 Å². The molecule has 0 aromatic carbocycles. The summed E-state index contributed by atoms with van der Waals surface area (Å²) in [6, 6.07) is 0. The Kier molecular flexibility index (Phi) is 6.79. The third-order valence-electron chi connectivity index (χ3n) is 5.21. The fourth-order valence-corrected chi connectivity index (χ4v) is 4.01. The molecule has 1 heterocycles. The van der Waals surface area contributed by atoms with Crippen molar-refractivity contribution in [3.8, 4) is 0 Å². The Balaban J connectivity index is 1.90. The topological polar surface area (TPSA) is 24.5 Å². The monoisotopic (exact) mass is 282 g/mol. The van der Waals surface area contributed by atoms with Crippen LogP contribution in [0.25, 0.3) is 0 Å². The molecule has 0 amide bonds. The van der Waals surface area contributed by atoms with Gasteiger partial charge in [0.15, 0.2) is 0 Å². The second kappa shape index (κ2) is 8.35. The van der Waals surface area contributed by atoms with E-state index in [1.165, 1.54) is 77.5 Å². The van der Waals surface area contributed by atoms with E-state index in [9.17, 15) is 0 Å². The predicted molar refractivity (Wildman–Crippen MR) is 85.1 cm³/mol. The molecule has 1 unspecified atom stereocenters. The van der Waals surface area contributed by atoms with Crippen molar-refractivity contribution in [1.82, 2.24) is 10.2 Å². The van der Waals surface area contributed by atoms with E-state index in [2.05, 4.69) is 17.1 Å². The highest BCUT2D eigenvalue weighted by Crippen LogP contribution is 2.36. The second-order valence-electron chi connectivity index (χ2n) is 6.97. The fraction of sp³-hybridized carbons (Fsp3) is 1.00. The van der Waals surface area contributed by atoms with E-state index in [1.54, 1.807) is 0 Å². The van der Waals surface area contributed by atoms with E-state index < -0.39 is 0 Å². The zero-order valence-corrected chi connectivity index (χ0v) is 13.6. The van der Waals surface area contributed by atoms with Crippen LogP contribution >= 0.6 is 0 Å². The number of hydrogen-bond donors (Lipinski definition) is 1. The van der Waals surface area contributed by atoms with Crippen molar-refractivity contribution < 1.29 is 4.74 Å². The molecule has 1 saturated carbocycles. The standard InChI is InChI=1S/C17H34N2O/c1-3-11-18-14-17(9-6-4-5-7-10-17)15-19-12-8-16(13-19)20-2/h16,18H,3-15H2,1-2H3. The van der Waals surface area contributed by atoms with Gasteiger partial charge in [0.25, 0.3) is 0 Å². The number of rotatable bonds is 7. The first-order valence-electron chi connectivity index (χ1n) is 8.74. The van der Waals surface area contributed by atoms with Crippen LogP contribution in [0.4, 0.5) is 0 Å². The maximum Gasteiger partial charge on any atom is 0.0710 e. The van der Waals surface area contributed by atoms with Crippen molar-refractivity contribution in [3.05, 3.63) is 0 Å². The normalized spacial score (nSPS) is 27.6. The fourth-order valence-electron chi connectivity index (χ4n) is 4.01. The summed E-state index contributed by atoms with van der Waals surface area (Å²) < 4.78 is 5.53. The van der Waals surface area contributed by atoms with Crippen LogP contribution in [0.5, 0.6) is 0 Å². The molecule has 1 aliphatic heterocycles. The lowest BCUT2D eigenvalue weighted by Gasteiger charge is -2.37. The smallest absolute Gasteiger partial charge is 0.0710 e. The van der Waals surface area contributed by atoms with Gasteiger partial charge in [0, 0.05) is 33.3 Å². The van der Waals surface area contributed by atoms with Crippen molar-refractivity contribution in [2.24, 2.45) is 5.41 Å². The number of nitrogens with zero attached hydrogens (tertiary/aromatic N) is 1. The van der Waals surface area contributed by atoms with Gasteiger partial charge < -0.3 is 15.0 Å². The number of likely N-dealkylation sites (tertiary alicyclic amines) is 1. The molecule has 3 heteroatoms. The lowest BCUT2D eigenvalue weighted by molar-refractivity contribution is 0.0921. The Labute approximate surface area is 125 Å². The first-order chi connectivity index (χ1) is 9.78. The van der Waals surface area contributed by atoms with Crippen LogP contribution in [0.1, 0.15) is 58.3 Å². The van der Waals surface area contributed by atoms with Gasteiger partial charge in [0.2, 0.25) is 0 Å². The third kappa shape index (κ3) is 4.71. The van der Waals surface area contributed by atoms with Gasteiger partial charge in [-0.1, -0.05) is 32.6 Å². The molecule has 118 valence electrons. The highest BCUT2D eigenvalue weighted by molar-refractivity contribution is 4.89. The van der Waals surface area contributed by atoms with Crippen molar-refractivity contribution in [3.63, 3.8) is 0 Å². The minimum Gasteiger partial charge on any atom is -0.380 e. The number of ether oxygens (including phenoxy) is 1. The molecule has 2 aliphatic rings. The molecule has 1 N–H and O–H groups in total. The molecule has 0 radical (unpaired) electrons. The van der Waals surface area contributed by atoms with Crippen LogP contribution in [-0.2, 0) is 4.74 Å². The zero-order valence-electron chi connectivity index (χ0n) is 13.6. The summed E-state index contributed by atoms with van der Waals surface area (Å²) in [5.74, 6) is 0. The highest BCUT2D eigenvalue weighted by Gasteiger charge is 2.34. The number of methoxy groups -OCH3 is 1. The quantitative estimate of drug-likeness (QED) is 0.574. The maximum absolute atomic E-state index is 5.53. The molecule has 2 rings (SSSR count). The zero-order chi connectivity index (χ0) is 14.3. The Bertz CT molecular complexity index is 262. The summed E-state index contributed by atoms with van der Waals surface area (Å²) >= 11 is 0. The highest BCUT2D eigenvalue weighted by atomic mass is 16.5. The molecule has 1 atom stereocenters. The molecule has 0 aromatic rings. The van der Waals surface area contributed by atoms with Crippen LogP contribution in [0, 0.1) is 5.41 Å². The summed E-state index contributed by atoms with van der Waals surface area (Å²) in [6.07, 6.45) is 11.5. The average Bonchev–Trinajstić information content (AvgIpc) is 2.78. The molecule has 20 heavy (non-hydrogen) atoms. The summed E-state index contributed by atoms with van der Waals surface area (Å²) in [5.41, 5.74) is 0.522. The van der Waals surface area contributed by atoms with Gasteiger partial charge in [-0.15, -0.1) is 0 Å². The predicted octanol–water partition coefficient (Wildman–Crippen LogP) is 3.05. The largest absolute Gasteiger partial charge is 0.380 e. The minimum absolute atomic E-state index is 0.474. The lowest BCUT2D eigenvalue weighted by Crippen LogP contribution is -2.44. The van der Waals surface area contributed by atoms with Crippen LogP contribution in [0.2, 0.25) is 0 Å². The van der Waals surface area contributed by atoms with Crippen LogP contribution < -0.4 is 5.32 Å². The van der Waals surface area contributed by atoms with Gasteiger partial charge in [-0.05, 0) is 37.6 Å². The van der Waals surface area contributed by atoms with Crippen molar-refractivity contribution >= 4 is 0 Å². The molecular formula is C17H34N2O. The third-order valence-corrected chi connectivity index (χ3v) is 5.21. The van der Waals surface area contributed by atoms with Crippen LogP contribution in [0.15, 0.2) is 0 Å². The first kappa shape index (κ1) is 16.3. The van der Waals surface area contributed by atoms with Gasteiger partial charge in [0.05, 0.1) is 6.10 Å².